The Hall–Kier alpha value is -3.75. The molecule has 5 heterocycles. The van der Waals surface area contributed by atoms with Crippen molar-refractivity contribution in [2.75, 3.05) is 57.4 Å². The molecule has 5 fully saturated rings. The number of fused-ring (bicyclic) bond motifs is 5. The van der Waals surface area contributed by atoms with E-state index in [4.69, 9.17) is 32.5 Å². The number of benzene rings is 3. The summed E-state index contributed by atoms with van der Waals surface area (Å²) in [5.74, 6) is 2.39. The Bertz CT molecular complexity index is 1990. The number of aromatic nitrogens is 2. The van der Waals surface area contributed by atoms with E-state index in [0.717, 1.165) is 58.5 Å². The van der Waals surface area contributed by atoms with Crippen molar-refractivity contribution >= 4 is 39.1 Å². The molecule has 4 atom stereocenters. The van der Waals surface area contributed by atoms with Gasteiger partial charge in [-0.25, -0.2) is 8.78 Å². The predicted octanol–water partition coefficient (Wildman–Crippen LogP) is 5.75. The molecule has 1 saturated carbocycles. The van der Waals surface area contributed by atoms with Gasteiger partial charge in [-0.3, -0.25) is 0 Å². The van der Waals surface area contributed by atoms with Gasteiger partial charge in [-0.1, -0.05) is 23.6 Å². The lowest BCUT2D eigenvalue weighted by atomic mass is 9.93. The molecule has 4 aromatic rings. The maximum absolute atomic E-state index is 17.0. The number of ether oxygens (including phenoxy) is 2. The highest BCUT2D eigenvalue weighted by atomic mass is 35.5. The molecule has 2 N–H and O–H groups in total. The summed E-state index contributed by atoms with van der Waals surface area (Å²) in [4.78, 5) is 14.1. The van der Waals surface area contributed by atoms with E-state index >= 15 is 8.78 Å². The summed E-state index contributed by atoms with van der Waals surface area (Å²) in [7, 11) is 0. The summed E-state index contributed by atoms with van der Waals surface area (Å²) in [6, 6.07) is 8.00. The minimum absolute atomic E-state index is 0.00397. The molecule has 4 aliphatic heterocycles. The SMILES string of the molecule is C#Cc1c(Cl)ccc2cc(O)cc(-c3c(F)cc4c(N5CC6CCC(C5)N6)nc(OCC5(CN6CC7COCC7C6)CC5)nc4c3F)c12. The first-order valence-electron chi connectivity index (χ1n) is 16.8. The van der Waals surface area contributed by atoms with Gasteiger partial charge in [0, 0.05) is 78.4 Å². The number of hydrogen-bond donors (Lipinski definition) is 2. The third kappa shape index (κ3) is 5.14. The molecule has 2 bridgehead atoms. The summed E-state index contributed by atoms with van der Waals surface area (Å²) in [5, 5.41) is 15.7. The molecule has 8 nitrogen and oxygen atoms in total. The zero-order valence-electron chi connectivity index (χ0n) is 26.4. The van der Waals surface area contributed by atoms with E-state index in [1.807, 2.05) is 0 Å². The van der Waals surface area contributed by atoms with Crippen molar-refractivity contribution in [1.82, 2.24) is 20.2 Å². The van der Waals surface area contributed by atoms with Crippen LogP contribution in [0.3, 0.4) is 0 Å². The highest BCUT2D eigenvalue weighted by Crippen LogP contribution is 2.48. The average Bonchev–Trinajstić information content (AvgIpc) is 3.31. The van der Waals surface area contributed by atoms with Gasteiger partial charge < -0.3 is 29.7 Å². The average molecular weight is 672 g/mol. The van der Waals surface area contributed by atoms with Crippen molar-refractivity contribution < 1.29 is 23.4 Å². The fourth-order valence-electron chi connectivity index (χ4n) is 8.58. The Labute approximate surface area is 282 Å². The Morgan fingerprint density at radius 2 is 1.81 bits per heavy atom. The van der Waals surface area contributed by atoms with Gasteiger partial charge in [0.25, 0.3) is 0 Å². The van der Waals surface area contributed by atoms with Gasteiger partial charge in [-0.15, -0.1) is 6.42 Å². The molecule has 1 aliphatic carbocycles. The van der Waals surface area contributed by atoms with Crippen LogP contribution in [0.2, 0.25) is 5.02 Å². The first-order chi connectivity index (χ1) is 23.3. The molecule has 0 spiro atoms. The predicted molar refractivity (Wildman–Crippen MR) is 181 cm³/mol. The molecule has 4 saturated heterocycles. The second-order valence-electron chi connectivity index (χ2n) is 14.5. The van der Waals surface area contributed by atoms with Crippen LogP contribution in [0, 0.1) is 41.2 Å². The Kier molecular flexibility index (Phi) is 7.21. The largest absolute Gasteiger partial charge is 0.508 e. The summed E-state index contributed by atoms with van der Waals surface area (Å²) in [6.07, 6.45) is 10.00. The van der Waals surface area contributed by atoms with Gasteiger partial charge in [0.05, 0.1) is 36.0 Å². The number of aromatic hydroxyl groups is 1. The lowest BCUT2D eigenvalue weighted by Gasteiger charge is -2.34. The molecular formula is C37H36ClF2N5O3. The number of hydrogen-bond acceptors (Lipinski definition) is 8. The molecule has 0 amide bonds. The van der Waals surface area contributed by atoms with E-state index < -0.39 is 11.6 Å². The number of terminal acetylenes is 1. The van der Waals surface area contributed by atoms with Crippen LogP contribution < -0.4 is 15.0 Å². The van der Waals surface area contributed by atoms with E-state index in [1.165, 1.54) is 18.2 Å². The molecule has 248 valence electrons. The normalized spacial score (nSPS) is 25.9. The zero-order valence-corrected chi connectivity index (χ0v) is 27.2. The fraction of sp³-hybridized carbons (Fsp3) is 0.459. The summed E-state index contributed by atoms with van der Waals surface area (Å²) < 4.78 is 45.3. The van der Waals surface area contributed by atoms with Crippen molar-refractivity contribution in [2.24, 2.45) is 17.3 Å². The quantitative estimate of drug-likeness (QED) is 0.241. The number of halogens is 3. The zero-order chi connectivity index (χ0) is 32.7. The summed E-state index contributed by atoms with van der Waals surface area (Å²) in [6.45, 7) is 6.47. The molecule has 4 unspecified atom stereocenters. The van der Waals surface area contributed by atoms with Crippen LogP contribution >= 0.6 is 11.6 Å². The van der Waals surface area contributed by atoms with E-state index in [0.29, 0.717) is 48.1 Å². The smallest absolute Gasteiger partial charge is 0.319 e. The molecule has 48 heavy (non-hydrogen) atoms. The highest BCUT2D eigenvalue weighted by Gasteiger charge is 2.48. The highest BCUT2D eigenvalue weighted by molar-refractivity contribution is 6.33. The number of nitrogens with zero attached hydrogens (tertiary/aromatic N) is 4. The second-order valence-corrected chi connectivity index (χ2v) is 14.9. The summed E-state index contributed by atoms with van der Waals surface area (Å²) >= 11 is 6.44. The van der Waals surface area contributed by atoms with E-state index in [2.05, 4.69) is 26.0 Å². The standard InChI is InChI=1S/C37H36ClF2N5O3/c1-2-26-29(38)6-3-20-9-25(46)10-27(31(20)26)32-30(39)11-28-34(33(32)40)42-36(43-35(28)45-14-23-4-5-24(15-45)41-23)48-19-37(7-8-37)18-44-12-21-16-47-17-22(21)13-44/h1,3,6,9-11,21-24,41,46H,4-5,7-8,12-19H2. The maximum atomic E-state index is 17.0. The minimum Gasteiger partial charge on any atom is -0.508 e. The van der Waals surface area contributed by atoms with Crippen molar-refractivity contribution in [2.45, 2.75) is 37.8 Å². The van der Waals surface area contributed by atoms with Gasteiger partial charge >= 0.3 is 6.01 Å². The summed E-state index contributed by atoms with van der Waals surface area (Å²) in [5.41, 5.74) is -0.00603. The van der Waals surface area contributed by atoms with Crippen LogP contribution in [0.1, 0.15) is 31.2 Å². The van der Waals surface area contributed by atoms with Crippen LogP contribution in [-0.2, 0) is 4.74 Å². The van der Waals surface area contributed by atoms with Gasteiger partial charge in [-0.2, -0.15) is 9.97 Å². The van der Waals surface area contributed by atoms with Gasteiger partial charge in [-0.05, 0) is 55.3 Å². The number of rotatable bonds is 7. The van der Waals surface area contributed by atoms with Crippen LogP contribution in [-0.4, -0.2) is 84.6 Å². The lowest BCUT2D eigenvalue weighted by Crippen LogP contribution is -2.51. The molecule has 11 heteroatoms. The molecule has 0 radical (unpaired) electrons. The van der Waals surface area contributed by atoms with E-state index in [9.17, 15) is 5.11 Å². The van der Waals surface area contributed by atoms with Crippen LogP contribution in [0.5, 0.6) is 11.8 Å². The number of likely N-dealkylation sites (tertiary alicyclic amines) is 1. The van der Waals surface area contributed by atoms with Crippen LogP contribution in [0.4, 0.5) is 14.6 Å². The second kappa shape index (κ2) is 11.4. The number of nitrogens with one attached hydrogen (secondary N) is 1. The maximum Gasteiger partial charge on any atom is 0.319 e. The molecule has 1 aromatic heterocycles. The van der Waals surface area contributed by atoms with Gasteiger partial charge in [0.15, 0.2) is 5.82 Å². The number of phenols is 1. The Morgan fingerprint density at radius 1 is 1.06 bits per heavy atom. The van der Waals surface area contributed by atoms with Crippen molar-refractivity contribution in [1.29, 1.82) is 0 Å². The van der Waals surface area contributed by atoms with Crippen LogP contribution in [0.25, 0.3) is 32.8 Å². The third-order valence-corrected chi connectivity index (χ3v) is 11.5. The lowest BCUT2D eigenvalue weighted by molar-refractivity contribution is 0.131. The van der Waals surface area contributed by atoms with E-state index in [1.54, 1.807) is 12.1 Å². The Morgan fingerprint density at radius 3 is 2.52 bits per heavy atom. The monoisotopic (exact) mass is 671 g/mol. The molecule has 5 aliphatic rings. The first-order valence-corrected chi connectivity index (χ1v) is 17.2. The number of phenolic OH excluding ortho intramolecular Hbond substituents is 1. The number of anilines is 1. The minimum atomic E-state index is -0.876. The van der Waals surface area contributed by atoms with Gasteiger partial charge in [0.2, 0.25) is 0 Å². The Balaban J connectivity index is 1.13. The number of piperazine rings is 1. The van der Waals surface area contributed by atoms with Gasteiger partial charge in [0.1, 0.15) is 22.9 Å². The molecular weight excluding hydrogens is 636 g/mol. The van der Waals surface area contributed by atoms with Crippen LogP contribution in [0.15, 0.2) is 30.3 Å². The topological polar surface area (TPSA) is 83.0 Å². The third-order valence-electron chi connectivity index (χ3n) is 11.2. The molecule has 9 rings (SSSR count). The fourth-order valence-corrected chi connectivity index (χ4v) is 8.79. The van der Waals surface area contributed by atoms with Crippen molar-refractivity contribution in [3.63, 3.8) is 0 Å². The van der Waals surface area contributed by atoms with E-state index in [-0.39, 0.29) is 61.9 Å². The first kappa shape index (κ1) is 30.3. The van der Waals surface area contributed by atoms with Crippen molar-refractivity contribution in [3.8, 4) is 35.2 Å². The molecule has 3 aromatic carbocycles. The van der Waals surface area contributed by atoms with Crippen molar-refractivity contribution in [3.05, 3.63) is 52.6 Å².